The van der Waals surface area contributed by atoms with Gasteiger partial charge in [-0.3, -0.25) is 0 Å². The zero-order chi connectivity index (χ0) is 10.6. The van der Waals surface area contributed by atoms with Crippen LogP contribution in [-0.4, -0.2) is 5.11 Å². The molecule has 1 N–H and O–H groups in total. The molecule has 0 radical (unpaired) electrons. The number of hydrogen-bond acceptors (Lipinski definition) is 1. The fourth-order valence-corrected chi connectivity index (χ4v) is 1.71. The molecule has 0 heterocycles. The second kappa shape index (κ2) is 5.04. The first kappa shape index (κ1) is 11.1. The maximum Gasteiger partial charge on any atom is 0.115 e. The minimum Gasteiger partial charge on any atom is -0.508 e. The van der Waals surface area contributed by atoms with Crippen LogP contribution in [0.2, 0.25) is 0 Å². The molecule has 0 spiro atoms. The van der Waals surface area contributed by atoms with Gasteiger partial charge < -0.3 is 5.11 Å². The summed E-state index contributed by atoms with van der Waals surface area (Å²) in [5.41, 5.74) is 1.32. The van der Waals surface area contributed by atoms with Crippen LogP contribution in [0.5, 0.6) is 5.75 Å². The van der Waals surface area contributed by atoms with Gasteiger partial charge in [-0.1, -0.05) is 39.3 Å². The molecule has 0 aliphatic heterocycles. The van der Waals surface area contributed by atoms with Gasteiger partial charge in [-0.25, -0.2) is 0 Å². The van der Waals surface area contributed by atoms with Gasteiger partial charge in [0.1, 0.15) is 5.75 Å². The van der Waals surface area contributed by atoms with Gasteiger partial charge in [0.05, 0.1) is 0 Å². The topological polar surface area (TPSA) is 20.2 Å². The fourth-order valence-electron chi connectivity index (χ4n) is 1.71. The molecule has 1 aromatic carbocycles. The monoisotopic (exact) mass is 192 g/mol. The maximum absolute atomic E-state index is 9.17. The third-order valence-corrected chi connectivity index (χ3v) is 2.91. The predicted molar refractivity (Wildman–Crippen MR) is 60.6 cm³/mol. The maximum atomic E-state index is 9.17. The Hall–Kier alpha value is -0.980. The van der Waals surface area contributed by atoms with E-state index in [1.807, 2.05) is 12.1 Å². The molecule has 1 heteroatoms. The van der Waals surface area contributed by atoms with Crippen LogP contribution in [-0.2, 0) is 0 Å². The van der Waals surface area contributed by atoms with Crippen molar-refractivity contribution < 1.29 is 5.11 Å². The van der Waals surface area contributed by atoms with E-state index >= 15 is 0 Å². The Morgan fingerprint density at radius 3 is 2.21 bits per heavy atom. The van der Waals surface area contributed by atoms with Crippen molar-refractivity contribution in [2.75, 3.05) is 0 Å². The van der Waals surface area contributed by atoms with Crippen molar-refractivity contribution in [2.24, 2.45) is 5.92 Å². The van der Waals surface area contributed by atoms with Crippen molar-refractivity contribution >= 4 is 0 Å². The van der Waals surface area contributed by atoms with Gasteiger partial charge in [0.25, 0.3) is 0 Å². The molecule has 0 aliphatic carbocycles. The summed E-state index contributed by atoms with van der Waals surface area (Å²) in [6.07, 6.45) is 2.46. The normalized spacial score (nSPS) is 15.1. The molecule has 78 valence electrons. The van der Waals surface area contributed by atoms with Crippen molar-refractivity contribution in [1.29, 1.82) is 0 Å². The third-order valence-electron chi connectivity index (χ3n) is 2.91. The lowest BCUT2D eigenvalue weighted by Crippen LogP contribution is -2.00. The minimum absolute atomic E-state index is 0.351. The van der Waals surface area contributed by atoms with E-state index in [0.717, 1.165) is 5.92 Å². The summed E-state index contributed by atoms with van der Waals surface area (Å²) < 4.78 is 0. The first-order valence-corrected chi connectivity index (χ1v) is 5.42. The van der Waals surface area contributed by atoms with Crippen LogP contribution in [0, 0.1) is 5.92 Å². The minimum atomic E-state index is 0.351. The Labute approximate surface area is 86.8 Å². The van der Waals surface area contributed by atoms with Crippen molar-refractivity contribution in [3.05, 3.63) is 29.8 Å². The van der Waals surface area contributed by atoms with E-state index in [9.17, 15) is 0 Å². The first-order valence-electron chi connectivity index (χ1n) is 5.42. The van der Waals surface area contributed by atoms with Crippen LogP contribution in [0.4, 0.5) is 0 Å². The van der Waals surface area contributed by atoms with Crippen LogP contribution < -0.4 is 0 Å². The van der Waals surface area contributed by atoms with Gasteiger partial charge in [0.15, 0.2) is 0 Å². The summed E-state index contributed by atoms with van der Waals surface area (Å²) in [7, 11) is 0. The molecule has 0 saturated heterocycles. The van der Waals surface area contributed by atoms with E-state index in [2.05, 4.69) is 20.8 Å². The summed E-state index contributed by atoms with van der Waals surface area (Å²) in [4.78, 5) is 0. The number of hydrogen-bond donors (Lipinski definition) is 1. The number of phenolic OH excluding ortho intramolecular Hbond substituents is 1. The summed E-state index contributed by atoms with van der Waals surface area (Å²) in [5.74, 6) is 1.72. The summed E-state index contributed by atoms with van der Waals surface area (Å²) in [5, 5.41) is 9.17. The van der Waals surface area contributed by atoms with Crippen LogP contribution in [0.15, 0.2) is 24.3 Å². The molecule has 0 fully saturated rings. The number of phenols is 1. The molecular formula is C13H20O. The van der Waals surface area contributed by atoms with Gasteiger partial charge >= 0.3 is 0 Å². The van der Waals surface area contributed by atoms with Crippen LogP contribution in [0.1, 0.15) is 45.1 Å². The van der Waals surface area contributed by atoms with E-state index in [1.165, 1.54) is 18.4 Å². The highest BCUT2D eigenvalue weighted by Gasteiger charge is 2.09. The Balaban J connectivity index is 2.60. The van der Waals surface area contributed by atoms with Crippen molar-refractivity contribution in [3.8, 4) is 5.75 Å². The molecule has 0 bridgehead atoms. The number of aromatic hydroxyl groups is 1. The fraction of sp³-hybridized carbons (Fsp3) is 0.538. The van der Waals surface area contributed by atoms with Crippen molar-refractivity contribution in [2.45, 2.75) is 39.5 Å². The average molecular weight is 192 g/mol. The van der Waals surface area contributed by atoms with Crippen LogP contribution in [0.3, 0.4) is 0 Å². The zero-order valence-corrected chi connectivity index (χ0v) is 9.33. The molecule has 2 unspecified atom stereocenters. The van der Waals surface area contributed by atoms with Gasteiger partial charge in [-0.2, -0.15) is 0 Å². The second-order valence-corrected chi connectivity index (χ2v) is 4.24. The lowest BCUT2D eigenvalue weighted by molar-refractivity contribution is 0.466. The van der Waals surface area contributed by atoms with Crippen molar-refractivity contribution in [1.82, 2.24) is 0 Å². The van der Waals surface area contributed by atoms with Gasteiger partial charge in [-0.05, 0) is 36.0 Å². The molecule has 1 nitrogen and oxygen atoms in total. The molecule has 1 aromatic rings. The highest BCUT2D eigenvalue weighted by Crippen LogP contribution is 2.25. The standard InChI is InChI=1S/C13H20O/c1-4-10(2)9-11(3)12-5-7-13(14)8-6-12/h5-8,10-11,14H,4,9H2,1-3H3. The molecular weight excluding hydrogens is 172 g/mol. The quantitative estimate of drug-likeness (QED) is 0.766. The average Bonchev–Trinajstić information content (AvgIpc) is 2.18. The van der Waals surface area contributed by atoms with E-state index in [1.54, 1.807) is 12.1 Å². The molecule has 0 aliphatic rings. The lowest BCUT2D eigenvalue weighted by atomic mass is 9.90. The molecule has 14 heavy (non-hydrogen) atoms. The van der Waals surface area contributed by atoms with Gasteiger partial charge in [-0.15, -0.1) is 0 Å². The third kappa shape index (κ3) is 3.06. The molecule has 2 atom stereocenters. The van der Waals surface area contributed by atoms with E-state index in [0.29, 0.717) is 11.7 Å². The Bertz CT molecular complexity index is 263. The van der Waals surface area contributed by atoms with E-state index in [4.69, 9.17) is 5.11 Å². The van der Waals surface area contributed by atoms with Crippen LogP contribution in [0.25, 0.3) is 0 Å². The molecule has 1 rings (SSSR count). The number of rotatable bonds is 4. The Morgan fingerprint density at radius 1 is 1.14 bits per heavy atom. The SMILES string of the molecule is CCC(C)CC(C)c1ccc(O)cc1. The molecule has 0 saturated carbocycles. The largest absolute Gasteiger partial charge is 0.508 e. The van der Waals surface area contributed by atoms with Gasteiger partial charge in [0, 0.05) is 0 Å². The van der Waals surface area contributed by atoms with Crippen LogP contribution >= 0.6 is 0 Å². The molecule has 0 amide bonds. The molecule has 0 aromatic heterocycles. The Kier molecular flexibility index (Phi) is 3.99. The zero-order valence-electron chi connectivity index (χ0n) is 9.33. The van der Waals surface area contributed by atoms with Crippen molar-refractivity contribution in [3.63, 3.8) is 0 Å². The lowest BCUT2D eigenvalue weighted by Gasteiger charge is -2.16. The summed E-state index contributed by atoms with van der Waals surface area (Å²) >= 11 is 0. The highest BCUT2D eigenvalue weighted by molar-refractivity contribution is 5.27. The predicted octanol–water partition coefficient (Wildman–Crippen LogP) is 3.93. The number of benzene rings is 1. The summed E-state index contributed by atoms with van der Waals surface area (Å²) in [6.45, 7) is 6.77. The second-order valence-electron chi connectivity index (χ2n) is 4.24. The summed E-state index contributed by atoms with van der Waals surface area (Å²) in [6, 6.07) is 7.57. The Morgan fingerprint density at radius 2 is 1.71 bits per heavy atom. The van der Waals surface area contributed by atoms with E-state index in [-0.39, 0.29) is 0 Å². The van der Waals surface area contributed by atoms with E-state index < -0.39 is 0 Å². The van der Waals surface area contributed by atoms with Gasteiger partial charge in [0.2, 0.25) is 0 Å². The smallest absolute Gasteiger partial charge is 0.115 e. The first-order chi connectivity index (χ1) is 6.63. The highest BCUT2D eigenvalue weighted by atomic mass is 16.3.